The van der Waals surface area contributed by atoms with Crippen LogP contribution < -0.4 is 5.32 Å². The molecule has 0 aromatic rings. The largest absolute Gasteiger partial charge is 0.480 e. The number of aliphatic carboxylic acids is 1. The van der Waals surface area contributed by atoms with Crippen molar-refractivity contribution in [3.05, 3.63) is 10.4 Å². The zero-order valence-corrected chi connectivity index (χ0v) is 8.81. The molecule has 0 aromatic heterocycles. The molecule has 0 spiro atoms. The predicted octanol–water partition coefficient (Wildman–Crippen LogP) is 1.53. The van der Waals surface area contributed by atoms with Gasteiger partial charge in [-0.1, -0.05) is 5.11 Å². The van der Waals surface area contributed by atoms with E-state index in [2.05, 4.69) is 15.3 Å². The first-order valence-electron chi connectivity index (χ1n) is 5.10. The Labute approximate surface area is 88.3 Å². The highest BCUT2D eigenvalue weighted by atomic mass is 16.4. The topological polar surface area (TPSA) is 98.1 Å². The SMILES string of the molecule is CC(NCCCN=[N+]=[N-])(C(=O)O)C1CC1. The van der Waals surface area contributed by atoms with Crippen LogP contribution in [0.25, 0.3) is 10.4 Å². The first kappa shape index (κ1) is 11.8. The van der Waals surface area contributed by atoms with Crippen LogP contribution in [0.3, 0.4) is 0 Å². The van der Waals surface area contributed by atoms with Gasteiger partial charge in [-0.15, -0.1) is 0 Å². The number of hydrogen-bond donors (Lipinski definition) is 2. The first-order chi connectivity index (χ1) is 7.11. The van der Waals surface area contributed by atoms with Crippen molar-refractivity contribution in [2.45, 2.75) is 31.7 Å². The molecular formula is C9H16N4O2. The van der Waals surface area contributed by atoms with Crippen molar-refractivity contribution < 1.29 is 9.90 Å². The van der Waals surface area contributed by atoms with Gasteiger partial charge in [0, 0.05) is 11.5 Å². The molecule has 0 bridgehead atoms. The molecule has 6 nitrogen and oxygen atoms in total. The Morgan fingerprint density at radius 1 is 1.73 bits per heavy atom. The molecule has 0 saturated heterocycles. The van der Waals surface area contributed by atoms with Crippen molar-refractivity contribution in [3.8, 4) is 0 Å². The molecule has 0 radical (unpaired) electrons. The fourth-order valence-corrected chi connectivity index (χ4v) is 1.60. The van der Waals surface area contributed by atoms with Crippen LogP contribution >= 0.6 is 0 Å². The van der Waals surface area contributed by atoms with Gasteiger partial charge in [-0.3, -0.25) is 4.79 Å². The van der Waals surface area contributed by atoms with Gasteiger partial charge in [-0.2, -0.15) is 0 Å². The molecule has 1 atom stereocenters. The summed E-state index contributed by atoms with van der Waals surface area (Å²) in [7, 11) is 0. The van der Waals surface area contributed by atoms with E-state index in [0.717, 1.165) is 12.8 Å². The van der Waals surface area contributed by atoms with Crippen molar-refractivity contribution >= 4 is 5.97 Å². The third-order valence-electron chi connectivity index (χ3n) is 2.83. The summed E-state index contributed by atoms with van der Waals surface area (Å²) in [5, 5.41) is 15.5. The summed E-state index contributed by atoms with van der Waals surface area (Å²) in [6.07, 6.45) is 2.62. The Hall–Kier alpha value is -1.26. The number of carboxylic acid groups (broad SMARTS) is 1. The van der Waals surface area contributed by atoms with Gasteiger partial charge in [0.25, 0.3) is 0 Å². The van der Waals surface area contributed by atoms with Crippen LogP contribution in [0.4, 0.5) is 0 Å². The normalized spacial score (nSPS) is 19.0. The van der Waals surface area contributed by atoms with Crippen molar-refractivity contribution in [2.75, 3.05) is 13.1 Å². The summed E-state index contributed by atoms with van der Waals surface area (Å²) in [6, 6.07) is 0. The van der Waals surface area contributed by atoms with Crippen LogP contribution in [0.15, 0.2) is 5.11 Å². The first-order valence-corrected chi connectivity index (χ1v) is 5.10. The average Bonchev–Trinajstić information content (AvgIpc) is 3.00. The van der Waals surface area contributed by atoms with Crippen molar-refractivity contribution in [3.63, 3.8) is 0 Å². The van der Waals surface area contributed by atoms with Crippen molar-refractivity contribution in [1.29, 1.82) is 0 Å². The lowest BCUT2D eigenvalue weighted by molar-refractivity contribution is -0.145. The molecule has 2 N–H and O–H groups in total. The molecule has 1 rings (SSSR count). The number of rotatable bonds is 7. The highest BCUT2D eigenvalue weighted by molar-refractivity contribution is 5.79. The second-order valence-electron chi connectivity index (χ2n) is 4.02. The van der Waals surface area contributed by atoms with Gasteiger partial charge >= 0.3 is 5.97 Å². The lowest BCUT2D eigenvalue weighted by atomic mass is 9.96. The molecule has 1 saturated carbocycles. The Morgan fingerprint density at radius 3 is 2.87 bits per heavy atom. The molecule has 1 aliphatic carbocycles. The monoisotopic (exact) mass is 212 g/mol. The van der Waals surface area contributed by atoms with Gasteiger partial charge in [0.05, 0.1) is 0 Å². The number of hydrogen-bond acceptors (Lipinski definition) is 3. The summed E-state index contributed by atoms with van der Waals surface area (Å²) in [5.74, 6) is -0.553. The molecule has 0 amide bonds. The molecular weight excluding hydrogens is 196 g/mol. The maximum atomic E-state index is 11.1. The van der Waals surface area contributed by atoms with Gasteiger partial charge < -0.3 is 10.4 Å². The molecule has 1 unspecified atom stereocenters. The molecule has 0 heterocycles. The van der Waals surface area contributed by atoms with Crippen LogP contribution in [0, 0.1) is 5.92 Å². The summed E-state index contributed by atoms with van der Waals surface area (Å²) in [4.78, 5) is 13.7. The Bertz CT molecular complexity index is 284. The predicted molar refractivity (Wildman–Crippen MR) is 55.4 cm³/mol. The minimum absolute atomic E-state index is 0.245. The van der Waals surface area contributed by atoms with Gasteiger partial charge in [0.1, 0.15) is 5.54 Å². The quantitative estimate of drug-likeness (QED) is 0.290. The third kappa shape index (κ3) is 3.11. The van der Waals surface area contributed by atoms with Crippen molar-refractivity contribution in [1.82, 2.24) is 5.32 Å². The number of carboxylic acids is 1. The number of nitrogens with zero attached hydrogens (tertiary/aromatic N) is 3. The maximum Gasteiger partial charge on any atom is 0.323 e. The molecule has 0 aromatic carbocycles. The van der Waals surface area contributed by atoms with E-state index in [0.29, 0.717) is 19.5 Å². The van der Waals surface area contributed by atoms with E-state index in [-0.39, 0.29) is 5.92 Å². The molecule has 1 fully saturated rings. The Balaban J connectivity index is 2.32. The summed E-state index contributed by atoms with van der Waals surface area (Å²) in [5.41, 5.74) is 7.25. The highest BCUT2D eigenvalue weighted by Gasteiger charge is 2.46. The third-order valence-corrected chi connectivity index (χ3v) is 2.83. The number of carbonyl (C=O) groups is 1. The van der Waals surface area contributed by atoms with Gasteiger partial charge in [-0.05, 0) is 44.2 Å². The number of azide groups is 1. The number of nitrogens with one attached hydrogen (secondary N) is 1. The molecule has 1 aliphatic rings. The Kier molecular flexibility index (Phi) is 3.94. The van der Waals surface area contributed by atoms with E-state index in [1.807, 2.05) is 0 Å². The fraction of sp³-hybridized carbons (Fsp3) is 0.889. The van der Waals surface area contributed by atoms with Crippen LogP contribution in [-0.4, -0.2) is 29.7 Å². The molecule has 84 valence electrons. The van der Waals surface area contributed by atoms with Crippen LogP contribution in [0.2, 0.25) is 0 Å². The highest BCUT2D eigenvalue weighted by Crippen LogP contribution is 2.39. The lowest BCUT2D eigenvalue weighted by Gasteiger charge is -2.26. The fourth-order valence-electron chi connectivity index (χ4n) is 1.60. The molecule has 0 aliphatic heterocycles. The van der Waals surface area contributed by atoms with E-state index in [9.17, 15) is 4.79 Å². The summed E-state index contributed by atoms with van der Waals surface area (Å²) >= 11 is 0. The average molecular weight is 212 g/mol. The van der Waals surface area contributed by atoms with Crippen LogP contribution in [-0.2, 0) is 4.79 Å². The van der Waals surface area contributed by atoms with E-state index in [1.54, 1.807) is 6.92 Å². The minimum Gasteiger partial charge on any atom is -0.480 e. The maximum absolute atomic E-state index is 11.1. The standard InChI is InChI=1S/C9H16N4O2/c1-9(8(14)15,7-3-4-7)11-5-2-6-12-13-10/h7,11H,2-6H2,1H3,(H,14,15). The Morgan fingerprint density at radius 2 is 2.40 bits per heavy atom. The van der Waals surface area contributed by atoms with E-state index in [1.165, 1.54) is 0 Å². The summed E-state index contributed by atoms with van der Waals surface area (Å²) in [6.45, 7) is 2.70. The zero-order chi connectivity index (χ0) is 11.3. The lowest BCUT2D eigenvalue weighted by Crippen LogP contribution is -2.51. The van der Waals surface area contributed by atoms with E-state index >= 15 is 0 Å². The van der Waals surface area contributed by atoms with Gasteiger partial charge in [0.15, 0.2) is 0 Å². The smallest absolute Gasteiger partial charge is 0.323 e. The molecule has 15 heavy (non-hydrogen) atoms. The summed E-state index contributed by atoms with van der Waals surface area (Å²) < 4.78 is 0. The van der Waals surface area contributed by atoms with Crippen LogP contribution in [0.1, 0.15) is 26.2 Å². The zero-order valence-electron chi connectivity index (χ0n) is 8.81. The van der Waals surface area contributed by atoms with Gasteiger partial charge in [-0.25, -0.2) is 0 Å². The minimum atomic E-state index is -0.809. The second kappa shape index (κ2) is 5.00. The van der Waals surface area contributed by atoms with E-state index in [4.69, 9.17) is 10.6 Å². The second-order valence-corrected chi connectivity index (χ2v) is 4.02. The van der Waals surface area contributed by atoms with Crippen molar-refractivity contribution in [2.24, 2.45) is 11.0 Å². The molecule has 6 heteroatoms. The van der Waals surface area contributed by atoms with Crippen LogP contribution in [0.5, 0.6) is 0 Å². The van der Waals surface area contributed by atoms with E-state index < -0.39 is 11.5 Å². The van der Waals surface area contributed by atoms with Gasteiger partial charge in [0.2, 0.25) is 0 Å².